The fraction of sp³-hybridized carbons (Fsp3) is 0.650. The predicted octanol–water partition coefficient (Wildman–Crippen LogP) is 3.67. The fourth-order valence-corrected chi connectivity index (χ4v) is 3.92. The summed E-state index contributed by atoms with van der Waals surface area (Å²) in [6, 6.07) is 5.84. The molecule has 150 valence electrons. The molecular weight excluding hydrogens is 355 g/mol. The van der Waals surface area contributed by atoms with Gasteiger partial charge in [-0.05, 0) is 31.0 Å². The van der Waals surface area contributed by atoms with Gasteiger partial charge in [-0.15, -0.1) is 0 Å². The van der Waals surface area contributed by atoms with Crippen molar-refractivity contribution in [2.75, 3.05) is 37.6 Å². The van der Waals surface area contributed by atoms with Gasteiger partial charge in [0.15, 0.2) is 0 Å². The molecule has 0 radical (unpaired) electrons. The van der Waals surface area contributed by atoms with Gasteiger partial charge < -0.3 is 10.2 Å². The van der Waals surface area contributed by atoms with Crippen LogP contribution in [-0.2, 0) is 11.0 Å². The van der Waals surface area contributed by atoms with E-state index in [2.05, 4.69) is 10.2 Å². The molecule has 4 nitrogen and oxygen atoms in total. The Morgan fingerprint density at radius 3 is 2.44 bits per heavy atom. The van der Waals surface area contributed by atoms with Gasteiger partial charge in [0.1, 0.15) is 0 Å². The van der Waals surface area contributed by atoms with Crippen molar-refractivity contribution in [1.82, 2.24) is 10.2 Å². The molecular formula is C20H28F3N3O. The second-order valence-corrected chi connectivity index (χ2v) is 7.53. The summed E-state index contributed by atoms with van der Waals surface area (Å²) in [5.74, 6) is 0.113. The standard InChI is InChI=1S/C20H28F3N3O/c21-20(22,23)16-5-4-8-18(15-16)26-13-11-25(12-14-26)10-9-19(27)24-17-6-2-1-3-7-17/h4-5,8,15,17H,1-3,6-7,9-14H2,(H,24,27). The van der Waals surface area contributed by atoms with E-state index >= 15 is 0 Å². The van der Waals surface area contributed by atoms with Crippen molar-refractivity contribution >= 4 is 11.6 Å². The molecule has 3 rings (SSSR count). The molecule has 0 bridgehead atoms. The average molecular weight is 383 g/mol. The Morgan fingerprint density at radius 2 is 1.78 bits per heavy atom. The number of carbonyl (C=O) groups is 1. The van der Waals surface area contributed by atoms with E-state index in [1.54, 1.807) is 6.07 Å². The molecule has 0 aromatic heterocycles. The van der Waals surface area contributed by atoms with Crippen molar-refractivity contribution < 1.29 is 18.0 Å². The highest BCUT2D eigenvalue weighted by molar-refractivity contribution is 5.76. The van der Waals surface area contributed by atoms with Gasteiger partial charge in [0.05, 0.1) is 5.56 Å². The molecule has 7 heteroatoms. The van der Waals surface area contributed by atoms with Crippen LogP contribution in [0.25, 0.3) is 0 Å². The molecule has 2 aliphatic rings. The highest BCUT2D eigenvalue weighted by Crippen LogP contribution is 2.31. The van der Waals surface area contributed by atoms with Crippen LogP contribution < -0.4 is 10.2 Å². The van der Waals surface area contributed by atoms with Gasteiger partial charge in [0, 0.05) is 50.9 Å². The van der Waals surface area contributed by atoms with Gasteiger partial charge in [-0.3, -0.25) is 9.69 Å². The Labute approximate surface area is 158 Å². The lowest BCUT2D eigenvalue weighted by Crippen LogP contribution is -2.47. The topological polar surface area (TPSA) is 35.6 Å². The van der Waals surface area contributed by atoms with Crippen LogP contribution in [0.1, 0.15) is 44.1 Å². The Balaban J connectivity index is 1.42. The number of amides is 1. The number of nitrogens with zero attached hydrogens (tertiary/aromatic N) is 2. The highest BCUT2D eigenvalue weighted by atomic mass is 19.4. The molecule has 0 spiro atoms. The number of benzene rings is 1. The Kier molecular flexibility index (Phi) is 6.63. The summed E-state index contributed by atoms with van der Waals surface area (Å²) in [5.41, 5.74) is 0.00123. The van der Waals surface area contributed by atoms with Crippen molar-refractivity contribution in [2.45, 2.75) is 50.7 Å². The maximum Gasteiger partial charge on any atom is 0.416 e. The van der Waals surface area contributed by atoms with E-state index in [9.17, 15) is 18.0 Å². The minimum atomic E-state index is -4.32. The van der Waals surface area contributed by atoms with E-state index < -0.39 is 11.7 Å². The van der Waals surface area contributed by atoms with E-state index in [0.29, 0.717) is 37.8 Å². The maximum absolute atomic E-state index is 12.9. The van der Waals surface area contributed by atoms with Gasteiger partial charge in [-0.1, -0.05) is 25.3 Å². The summed E-state index contributed by atoms with van der Waals surface area (Å²) in [6.07, 6.45) is 2.00. The van der Waals surface area contributed by atoms with Crippen molar-refractivity contribution in [3.05, 3.63) is 29.8 Å². The Morgan fingerprint density at radius 1 is 1.07 bits per heavy atom. The number of hydrogen-bond acceptors (Lipinski definition) is 3. The van der Waals surface area contributed by atoms with Crippen LogP contribution in [0.2, 0.25) is 0 Å². The van der Waals surface area contributed by atoms with E-state index in [1.165, 1.54) is 31.4 Å². The van der Waals surface area contributed by atoms with Crippen LogP contribution in [0.5, 0.6) is 0 Å². The molecule has 1 heterocycles. The van der Waals surface area contributed by atoms with E-state index in [0.717, 1.165) is 32.0 Å². The van der Waals surface area contributed by atoms with E-state index in [-0.39, 0.29) is 5.91 Å². The molecule has 1 saturated heterocycles. The Bertz CT molecular complexity index is 621. The molecule has 27 heavy (non-hydrogen) atoms. The SMILES string of the molecule is O=C(CCN1CCN(c2cccc(C(F)(F)F)c2)CC1)NC1CCCCC1. The van der Waals surface area contributed by atoms with Crippen LogP contribution in [0.15, 0.2) is 24.3 Å². The van der Waals surface area contributed by atoms with Crippen LogP contribution in [0, 0.1) is 0 Å². The quantitative estimate of drug-likeness (QED) is 0.843. The van der Waals surface area contributed by atoms with Gasteiger partial charge in [-0.25, -0.2) is 0 Å². The molecule has 1 aliphatic carbocycles. The normalized spacial score (nSPS) is 19.9. The first-order valence-corrected chi connectivity index (χ1v) is 9.86. The lowest BCUT2D eigenvalue weighted by atomic mass is 9.95. The van der Waals surface area contributed by atoms with E-state index in [1.807, 2.05) is 4.90 Å². The molecule has 1 aromatic carbocycles. The summed E-state index contributed by atoms with van der Waals surface area (Å²) in [7, 11) is 0. The first kappa shape index (κ1) is 20.0. The predicted molar refractivity (Wildman–Crippen MR) is 99.7 cm³/mol. The number of hydrogen-bond donors (Lipinski definition) is 1. The zero-order valence-corrected chi connectivity index (χ0v) is 15.6. The minimum absolute atomic E-state index is 0.113. The number of anilines is 1. The monoisotopic (exact) mass is 383 g/mol. The number of halogens is 3. The molecule has 0 unspecified atom stereocenters. The van der Waals surface area contributed by atoms with Gasteiger partial charge >= 0.3 is 6.18 Å². The van der Waals surface area contributed by atoms with Gasteiger partial charge in [0.25, 0.3) is 0 Å². The number of nitrogens with one attached hydrogen (secondary N) is 1. The number of rotatable bonds is 5. The summed E-state index contributed by atoms with van der Waals surface area (Å²) >= 11 is 0. The molecule has 1 saturated carbocycles. The zero-order valence-electron chi connectivity index (χ0n) is 15.6. The summed E-state index contributed by atoms with van der Waals surface area (Å²) < 4.78 is 38.6. The fourth-order valence-electron chi connectivity index (χ4n) is 3.92. The molecule has 1 aliphatic heterocycles. The smallest absolute Gasteiger partial charge is 0.369 e. The molecule has 1 N–H and O–H groups in total. The molecule has 2 fully saturated rings. The van der Waals surface area contributed by atoms with E-state index in [4.69, 9.17) is 0 Å². The van der Waals surface area contributed by atoms with Crippen LogP contribution in [-0.4, -0.2) is 49.6 Å². The second-order valence-electron chi connectivity index (χ2n) is 7.53. The second kappa shape index (κ2) is 8.95. The molecule has 1 amide bonds. The third-order valence-corrected chi connectivity index (χ3v) is 5.54. The van der Waals surface area contributed by atoms with Crippen LogP contribution in [0.4, 0.5) is 18.9 Å². The highest BCUT2D eigenvalue weighted by Gasteiger charge is 2.31. The van der Waals surface area contributed by atoms with Crippen molar-refractivity contribution in [3.8, 4) is 0 Å². The van der Waals surface area contributed by atoms with Gasteiger partial charge in [0.2, 0.25) is 5.91 Å². The lowest BCUT2D eigenvalue weighted by molar-refractivity contribution is -0.137. The zero-order chi connectivity index (χ0) is 19.3. The first-order chi connectivity index (χ1) is 12.9. The van der Waals surface area contributed by atoms with Crippen LogP contribution in [0.3, 0.4) is 0 Å². The number of piperazine rings is 1. The minimum Gasteiger partial charge on any atom is -0.369 e. The van der Waals surface area contributed by atoms with Crippen molar-refractivity contribution in [2.24, 2.45) is 0 Å². The van der Waals surface area contributed by atoms with Crippen LogP contribution >= 0.6 is 0 Å². The maximum atomic E-state index is 12.9. The average Bonchev–Trinajstić information content (AvgIpc) is 2.67. The third kappa shape index (κ3) is 5.86. The summed E-state index contributed by atoms with van der Waals surface area (Å²) in [6.45, 7) is 3.56. The summed E-state index contributed by atoms with van der Waals surface area (Å²) in [5, 5.41) is 3.13. The van der Waals surface area contributed by atoms with Gasteiger partial charge in [-0.2, -0.15) is 13.2 Å². The Hall–Kier alpha value is -1.76. The third-order valence-electron chi connectivity index (χ3n) is 5.54. The number of carbonyl (C=O) groups excluding carboxylic acids is 1. The first-order valence-electron chi connectivity index (χ1n) is 9.86. The largest absolute Gasteiger partial charge is 0.416 e. The van der Waals surface area contributed by atoms with Crippen molar-refractivity contribution in [1.29, 1.82) is 0 Å². The lowest BCUT2D eigenvalue weighted by Gasteiger charge is -2.36. The summed E-state index contributed by atoms with van der Waals surface area (Å²) in [4.78, 5) is 16.3. The molecule has 1 aromatic rings. The molecule has 0 atom stereocenters. The van der Waals surface area contributed by atoms with Crippen molar-refractivity contribution in [3.63, 3.8) is 0 Å². The number of alkyl halides is 3.